The zero-order chi connectivity index (χ0) is 16.7. The summed E-state index contributed by atoms with van der Waals surface area (Å²) in [5.41, 5.74) is 11.3. The Hall–Kier alpha value is -1.20. The average molecular weight is 316 g/mol. The quantitative estimate of drug-likeness (QED) is 0.795. The first-order chi connectivity index (χ1) is 10.9. The molecule has 1 saturated heterocycles. The predicted octanol–water partition coefficient (Wildman–Crippen LogP) is 0.535. The number of hydrogen-bond acceptors (Lipinski definition) is 1. The fraction of sp³-hybridized carbons (Fsp3) is 0.429. The average Bonchev–Trinajstić information content (AvgIpc) is 2.85. The Morgan fingerprint density at radius 1 is 0.750 bits per heavy atom. The van der Waals surface area contributed by atoms with E-state index in [9.17, 15) is 0 Å². The van der Waals surface area contributed by atoms with E-state index in [0.29, 0.717) is 0 Å². The van der Waals surface area contributed by atoms with Crippen molar-refractivity contribution >= 4 is 11.4 Å². The van der Waals surface area contributed by atoms with E-state index < -0.39 is 0 Å². The van der Waals surface area contributed by atoms with Gasteiger partial charge in [0.15, 0.2) is 6.67 Å². The minimum absolute atomic E-state index is 0. The molecule has 1 atom stereocenters. The second-order valence-corrected chi connectivity index (χ2v) is 7.30. The number of hydrogen-bond donors (Lipinski definition) is 1. The van der Waals surface area contributed by atoms with Gasteiger partial charge in [0.25, 0.3) is 0 Å². The Labute approximate surface area is 159 Å². The van der Waals surface area contributed by atoms with E-state index in [2.05, 4.69) is 70.7 Å². The predicted molar refractivity (Wildman–Crippen MR) is 99.0 cm³/mol. The first-order valence-electron chi connectivity index (χ1n) is 8.62. The maximum absolute atomic E-state index is 2.57. The standard InChI is InChI=1S/C21H28N2.Li/c1-14-9-16(3)20(17(4)10-14)22-7-8-23(13-22)21-18(5)11-15(2)12-19(21)6;/h9-12H,7-8,13H2,1-6H3;/q;+1/p+1. The van der Waals surface area contributed by atoms with Gasteiger partial charge in [0.1, 0.15) is 12.2 Å². The third-order valence-electron chi connectivity index (χ3n) is 5.05. The summed E-state index contributed by atoms with van der Waals surface area (Å²) in [5, 5.41) is 0. The molecule has 2 aromatic carbocycles. The fourth-order valence-electron chi connectivity index (χ4n) is 4.46. The molecule has 0 bridgehead atoms. The maximum atomic E-state index is 2.57. The smallest absolute Gasteiger partial charge is 0.319 e. The van der Waals surface area contributed by atoms with E-state index in [1.807, 2.05) is 0 Å². The van der Waals surface area contributed by atoms with Crippen LogP contribution in [0.4, 0.5) is 11.4 Å². The van der Waals surface area contributed by atoms with Gasteiger partial charge in [-0.2, -0.15) is 0 Å². The third kappa shape index (κ3) is 3.57. The van der Waals surface area contributed by atoms with Crippen molar-refractivity contribution in [2.24, 2.45) is 0 Å². The molecule has 0 radical (unpaired) electrons. The topological polar surface area (TPSA) is 7.68 Å². The molecule has 3 heteroatoms. The minimum atomic E-state index is 0. The molecule has 1 fully saturated rings. The van der Waals surface area contributed by atoms with Gasteiger partial charge in [-0.05, 0) is 52.7 Å². The number of benzene rings is 2. The minimum Gasteiger partial charge on any atom is -0.319 e. The van der Waals surface area contributed by atoms with E-state index in [1.165, 1.54) is 51.3 Å². The maximum Gasteiger partial charge on any atom is 1.00 e. The molecule has 2 aromatic rings. The van der Waals surface area contributed by atoms with Crippen molar-refractivity contribution < 1.29 is 23.8 Å². The van der Waals surface area contributed by atoms with Crippen LogP contribution < -0.4 is 28.7 Å². The third-order valence-corrected chi connectivity index (χ3v) is 5.05. The van der Waals surface area contributed by atoms with Gasteiger partial charge in [-0.25, -0.2) is 0 Å². The van der Waals surface area contributed by atoms with Crippen LogP contribution in [0.15, 0.2) is 24.3 Å². The van der Waals surface area contributed by atoms with Gasteiger partial charge in [-0.15, -0.1) is 0 Å². The monoisotopic (exact) mass is 316 g/mol. The molecule has 1 aliphatic rings. The molecule has 3 rings (SSSR count). The molecule has 0 aliphatic carbocycles. The summed E-state index contributed by atoms with van der Waals surface area (Å²) in [7, 11) is 0. The Bertz CT molecular complexity index is 642. The van der Waals surface area contributed by atoms with E-state index in [4.69, 9.17) is 0 Å². The van der Waals surface area contributed by atoms with Crippen LogP contribution in [0.25, 0.3) is 0 Å². The van der Waals surface area contributed by atoms with Crippen LogP contribution in [0.2, 0.25) is 0 Å². The SMILES string of the molecule is Cc1cc(C)c(N2CC[NH+](c3c(C)cc(C)cc3C)C2)c(C)c1.[Li+]. The van der Waals surface area contributed by atoms with Gasteiger partial charge in [0.2, 0.25) is 0 Å². The zero-order valence-corrected chi connectivity index (χ0v) is 16.4. The largest absolute Gasteiger partial charge is 1.00 e. The van der Waals surface area contributed by atoms with Crippen LogP contribution in [0.5, 0.6) is 0 Å². The molecule has 1 unspecified atom stereocenters. The van der Waals surface area contributed by atoms with Crippen molar-refractivity contribution in [1.29, 1.82) is 0 Å². The molecule has 1 heterocycles. The summed E-state index contributed by atoms with van der Waals surface area (Å²) in [5.74, 6) is 0. The number of nitrogens with zero attached hydrogens (tertiary/aromatic N) is 1. The van der Waals surface area contributed by atoms with Crippen LogP contribution in [-0.4, -0.2) is 19.8 Å². The number of rotatable bonds is 2. The van der Waals surface area contributed by atoms with E-state index in [1.54, 1.807) is 4.90 Å². The molecule has 2 nitrogen and oxygen atoms in total. The van der Waals surface area contributed by atoms with Crippen LogP contribution in [0.1, 0.15) is 33.4 Å². The van der Waals surface area contributed by atoms with Crippen molar-refractivity contribution in [2.75, 3.05) is 24.7 Å². The van der Waals surface area contributed by atoms with Crippen LogP contribution in [0, 0.1) is 41.5 Å². The number of quaternary nitrogens is 1. The molecule has 0 spiro atoms. The van der Waals surface area contributed by atoms with Gasteiger partial charge < -0.3 is 4.90 Å². The van der Waals surface area contributed by atoms with Crippen LogP contribution >= 0.6 is 0 Å². The molecule has 0 amide bonds. The van der Waals surface area contributed by atoms with E-state index in [-0.39, 0.29) is 18.9 Å². The Balaban J connectivity index is 0.00000208. The summed E-state index contributed by atoms with van der Waals surface area (Å²) in [6.45, 7) is 16.8. The Morgan fingerprint density at radius 2 is 1.21 bits per heavy atom. The first kappa shape index (κ1) is 19.1. The normalized spacial score (nSPS) is 17.1. The number of anilines is 1. The van der Waals surface area contributed by atoms with Crippen molar-refractivity contribution in [3.63, 3.8) is 0 Å². The summed E-state index contributed by atoms with van der Waals surface area (Å²) < 4.78 is 0. The molecule has 24 heavy (non-hydrogen) atoms. The zero-order valence-electron chi connectivity index (χ0n) is 16.4. The Kier molecular flexibility index (Phi) is 5.86. The molecular weight excluding hydrogens is 287 g/mol. The van der Waals surface area contributed by atoms with Gasteiger partial charge >= 0.3 is 18.9 Å². The fourth-order valence-corrected chi connectivity index (χ4v) is 4.46. The first-order valence-corrected chi connectivity index (χ1v) is 8.62. The summed E-state index contributed by atoms with van der Waals surface area (Å²) >= 11 is 0. The van der Waals surface area contributed by atoms with Gasteiger partial charge in [0, 0.05) is 16.8 Å². The number of aryl methyl sites for hydroxylation is 6. The molecular formula is C21H29LiN2+2. The van der Waals surface area contributed by atoms with Gasteiger partial charge in [-0.1, -0.05) is 35.4 Å². The summed E-state index contributed by atoms with van der Waals surface area (Å²) in [6.07, 6.45) is 0. The molecule has 0 aromatic heterocycles. The van der Waals surface area contributed by atoms with Crippen molar-refractivity contribution in [2.45, 2.75) is 41.5 Å². The van der Waals surface area contributed by atoms with Crippen molar-refractivity contribution in [1.82, 2.24) is 0 Å². The Morgan fingerprint density at radius 3 is 1.71 bits per heavy atom. The molecule has 1 aliphatic heterocycles. The van der Waals surface area contributed by atoms with Gasteiger partial charge in [-0.3, -0.25) is 4.90 Å². The number of nitrogens with one attached hydrogen (secondary N) is 1. The van der Waals surface area contributed by atoms with Crippen molar-refractivity contribution in [3.05, 3.63) is 57.6 Å². The van der Waals surface area contributed by atoms with Crippen molar-refractivity contribution in [3.8, 4) is 0 Å². The van der Waals surface area contributed by atoms with E-state index >= 15 is 0 Å². The summed E-state index contributed by atoms with van der Waals surface area (Å²) in [4.78, 5) is 4.16. The second-order valence-electron chi connectivity index (χ2n) is 7.30. The molecule has 0 saturated carbocycles. The molecule has 1 N–H and O–H groups in total. The second kappa shape index (κ2) is 7.36. The van der Waals surface area contributed by atoms with Crippen LogP contribution in [-0.2, 0) is 0 Å². The summed E-state index contributed by atoms with van der Waals surface area (Å²) in [6, 6.07) is 9.26. The van der Waals surface area contributed by atoms with Crippen LogP contribution in [0.3, 0.4) is 0 Å². The van der Waals surface area contributed by atoms with E-state index in [0.717, 1.165) is 13.2 Å². The van der Waals surface area contributed by atoms with Gasteiger partial charge in [0.05, 0.1) is 6.54 Å². The molecule has 122 valence electrons.